The summed E-state index contributed by atoms with van der Waals surface area (Å²) < 4.78 is 373. The molecule has 6 aromatic rings. The second kappa shape index (κ2) is 18.0. The van der Waals surface area contributed by atoms with E-state index in [0.717, 1.165) is 24.3 Å². The minimum atomic E-state index is -8.77. The fraction of sp³-hybridized carbons (Fsp3) is 0.267. The highest BCUT2D eigenvalue weighted by Gasteiger charge is 2.92. The van der Waals surface area contributed by atoms with E-state index in [1.54, 1.807) is 60.7 Å². The monoisotopic (exact) mass is 1100 g/mol. The molecule has 0 aliphatic rings. The molecule has 0 fully saturated rings. The Labute approximate surface area is 395 Å². The zero-order chi connectivity index (χ0) is 55.9. The summed E-state index contributed by atoms with van der Waals surface area (Å²) in [6.07, 6.45) is -16.0. The van der Waals surface area contributed by atoms with E-state index in [1.165, 1.54) is 24.3 Å². The maximum absolute atomic E-state index is 15.9. The molecular formula is C45H21F26N3. The molecule has 398 valence electrons. The van der Waals surface area contributed by atoms with Crippen molar-refractivity contribution in [1.82, 2.24) is 15.0 Å². The Morgan fingerprint density at radius 3 is 0.716 bits per heavy atom. The molecule has 0 spiro atoms. The molecule has 0 saturated heterocycles. The molecule has 5 aromatic carbocycles. The molecule has 1 aromatic heterocycles. The van der Waals surface area contributed by atoms with Crippen LogP contribution in [0.15, 0.2) is 127 Å². The predicted molar refractivity (Wildman–Crippen MR) is 206 cm³/mol. The Kier molecular flexibility index (Phi) is 13.8. The van der Waals surface area contributed by atoms with Crippen molar-refractivity contribution in [1.29, 1.82) is 0 Å². The van der Waals surface area contributed by atoms with Crippen LogP contribution in [0, 0.1) is 0 Å². The lowest BCUT2D eigenvalue weighted by Gasteiger charge is -2.40. The lowest BCUT2D eigenvalue weighted by Crippen LogP contribution is -2.69. The van der Waals surface area contributed by atoms with Crippen LogP contribution >= 0.6 is 0 Å². The van der Waals surface area contributed by atoms with Crippen molar-refractivity contribution in [3.05, 3.63) is 139 Å². The second-order valence-corrected chi connectivity index (χ2v) is 15.7. The average molecular weight is 1100 g/mol. The van der Waals surface area contributed by atoms with Gasteiger partial charge in [0.05, 0.1) is 0 Å². The normalized spacial score (nSPS) is 14.4. The van der Waals surface area contributed by atoms with E-state index >= 15 is 35.1 Å². The zero-order valence-corrected chi connectivity index (χ0v) is 35.3. The number of aromatic nitrogens is 3. The number of nitrogens with zero attached hydrogens (tertiary/aromatic N) is 3. The van der Waals surface area contributed by atoms with Crippen LogP contribution in [0.25, 0.3) is 56.4 Å². The van der Waals surface area contributed by atoms with E-state index in [2.05, 4.69) is 15.0 Å². The summed E-state index contributed by atoms with van der Waals surface area (Å²) in [7, 11) is 0. The van der Waals surface area contributed by atoms with Crippen molar-refractivity contribution >= 4 is 0 Å². The minimum Gasteiger partial charge on any atom is -0.208 e. The third kappa shape index (κ3) is 8.78. The molecule has 0 N–H and O–H groups in total. The Hall–Kier alpha value is -6.71. The van der Waals surface area contributed by atoms with Crippen molar-refractivity contribution < 1.29 is 114 Å². The molecular weight excluding hydrogens is 1080 g/mol. The van der Waals surface area contributed by atoms with Crippen molar-refractivity contribution in [2.45, 2.75) is 71.6 Å². The SMILES string of the molecule is FC(F)(F)C(F)(F)C(F)(F)C(F)(F)C(F)(F)C(F)(F)c1cc(-c2nc(-c3ccc(-c4ccccc4)cc3)nc(-c3ccc(-c4ccccc4)cc3)n2)cc(C(F)(F)C(F)(F)C(F)(F)C(F)(F)C(F)(F)C(F)(F)F)c1. The summed E-state index contributed by atoms with van der Waals surface area (Å²) >= 11 is 0. The van der Waals surface area contributed by atoms with E-state index in [4.69, 9.17) is 0 Å². The first-order chi connectivity index (χ1) is 33.5. The van der Waals surface area contributed by atoms with Gasteiger partial charge in [-0.2, -0.15) is 114 Å². The fourth-order valence-electron chi connectivity index (χ4n) is 6.67. The molecule has 0 bridgehead atoms. The molecule has 0 atom stereocenters. The van der Waals surface area contributed by atoms with Crippen molar-refractivity contribution in [3.63, 3.8) is 0 Å². The molecule has 0 aliphatic heterocycles. The maximum atomic E-state index is 15.9. The topological polar surface area (TPSA) is 38.7 Å². The van der Waals surface area contributed by atoms with Gasteiger partial charge in [-0.05, 0) is 40.5 Å². The van der Waals surface area contributed by atoms with E-state index < -0.39 is 124 Å². The molecule has 3 nitrogen and oxygen atoms in total. The maximum Gasteiger partial charge on any atom is 0.460 e. The molecule has 6 rings (SSSR count). The summed E-state index contributed by atoms with van der Waals surface area (Å²) in [6.45, 7) is 0. The van der Waals surface area contributed by atoms with Crippen molar-refractivity contribution in [3.8, 4) is 56.4 Å². The Morgan fingerprint density at radius 2 is 0.446 bits per heavy atom. The number of hydrogen-bond donors (Lipinski definition) is 0. The molecule has 0 aliphatic carbocycles. The van der Waals surface area contributed by atoms with Gasteiger partial charge in [0, 0.05) is 27.8 Å². The van der Waals surface area contributed by atoms with E-state index in [1.807, 2.05) is 0 Å². The second-order valence-electron chi connectivity index (χ2n) is 15.7. The highest BCUT2D eigenvalue weighted by molar-refractivity contribution is 5.72. The predicted octanol–water partition coefficient (Wildman–Crippen LogP) is 16.6. The Bertz CT molecular complexity index is 2780. The summed E-state index contributed by atoms with van der Waals surface area (Å²) in [5.41, 5.74) is -8.26. The van der Waals surface area contributed by atoms with Crippen LogP contribution in [-0.4, -0.2) is 74.7 Å². The van der Waals surface area contributed by atoms with E-state index in [-0.39, 0.29) is 11.1 Å². The Balaban J connectivity index is 1.67. The van der Waals surface area contributed by atoms with Crippen LogP contribution in [0.3, 0.4) is 0 Å². The van der Waals surface area contributed by atoms with E-state index in [9.17, 15) is 79.0 Å². The summed E-state index contributed by atoms with van der Waals surface area (Å²) in [5.74, 6) is -87.7. The summed E-state index contributed by atoms with van der Waals surface area (Å²) in [4.78, 5) is 11.4. The molecule has 0 amide bonds. The smallest absolute Gasteiger partial charge is 0.208 e. The van der Waals surface area contributed by atoms with Gasteiger partial charge in [-0.1, -0.05) is 109 Å². The fourth-order valence-corrected chi connectivity index (χ4v) is 6.67. The molecule has 29 heteroatoms. The van der Waals surface area contributed by atoms with Crippen LogP contribution in [0.1, 0.15) is 11.1 Å². The molecule has 74 heavy (non-hydrogen) atoms. The number of hydrogen-bond acceptors (Lipinski definition) is 3. The van der Waals surface area contributed by atoms with Crippen LogP contribution in [-0.2, 0) is 11.8 Å². The first-order valence-corrected chi connectivity index (χ1v) is 19.7. The van der Waals surface area contributed by atoms with Crippen LogP contribution in [0.5, 0.6) is 0 Å². The largest absolute Gasteiger partial charge is 0.460 e. The van der Waals surface area contributed by atoms with Crippen LogP contribution < -0.4 is 0 Å². The van der Waals surface area contributed by atoms with Gasteiger partial charge in [0.25, 0.3) is 0 Å². The molecule has 1 heterocycles. The van der Waals surface area contributed by atoms with Gasteiger partial charge in [-0.3, -0.25) is 0 Å². The molecule has 0 radical (unpaired) electrons. The van der Waals surface area contributed by atoms with Gasteiger partial charge in [-0.25, -0.2) is 15.0 Å². The Morgan fingerprint density at radius 1 is 0.216 bits per heavy atom. The van der Waals surface area contributed by atoms with Crippen LogP contribution in [0.2, 0.25) is 0 Å². The van der Waals surface area contributed by atoms with Crippen molar-refractivity contribution in [2.24, 2.45) is 0 Å². The minimum absolute atomic E-state index is 0.277. The van der Waals surface area contributed by atoms with Crippen molar-refractivity contribution in [2.75, 3.05) is 0 Å². The van der Waals surface area contributed by atoms with Crippen LogP contribution in [0.4, 0.5) is 114 Å². The first-order valence-electron chi connectivity index (χ1n) is 19.7. The lowest BCUT2D eigenvalue weighted by molar-refractivity contribution is -0.442. The third-order valence-electron chi connectivity index (χ3n) is 10.9. The number of rotatable bonds is 15. The standard InChI is InChI=1S/C45H21F26N3/c46-34(47,36(50,51)38(54,55)40(58,59)42(62,63)44(66,67)68)29-19-28(20-30(21-29)35(48,49)37(52,53)39(56,57)41(60,61)43(64,65)45(69,70)71)33-73-31(26-15-11-24(12-16-26)22-7-3-1-4-8-22)72-32(74-33)27-17-13-25(14-18-27)23-9-5-2-6-10-23/h1-21H. The van der Waals surface area contributed by atoms with Gasteiger partial charge in [0.1, 0.15) is 0 Å². The van der Waals surface area contributed by atoms with Gasteiger partial charge in [-0.15, -0.1) is 0 Å². The quantitative estimate of drug-likeness (QED) is 0.0962. The highest BCUT2D eigenvalue weighted by atomic mass is 19.4. The lowest BCUT2D eigenvalue weighted by atomic mass is 9.86. The number of alkyl halides is 26. The average Bonchev–Trinajstić information content (AvgIpc) is 3.33. The third-order valence-corrected chi connectivity index (χ3v) is 10.9. The van der Waals surface area contributed by atoms with Gasteiger partial charge in [0.15, 0.2) is 17.5 Å². The zero-order valence-electron chi connectivity index (χ0n) is 35.3. The summed E-state index contributed by atoms with van der Waals surface area (Å²) in [6, 6.07) is 21.8. The molecule has 0 saturated carbocycles. The highest BCUT2D eigenvalue weighted by Crippen LogP contribution is 2.65. The van der Waals surface area contributed by atoms with Gasteiger partial charge in [0.2, 0.25) is 0 Å². The molecule has 0 unspecified atom stereocenters. The van der Waals surface area contributed by atoms with Gasteiger partial charge >= 0.3 is 71.6 Å². The number of halogens is 26. The van der Waals surface area contributed by atoms with Gasteiger partial charge < -0.3 is 0 Å². The number of benzene rings is 5. The first kappa shape index (κ1) is 56.6. The summed E-state index contributed by atoms with van der Waals surface area (Å²) in [5, 5.41) is 0. The van der Waals surface area contributed by atoms with E-state index in [0.29, 0.717) is 22.3 Å².